The summed E-state index contributed by atoms with van der Waals surface area (Å²) in [6.07, 6.45) is 3.57. The Morgan fingerprint density at radius 2 is 1.71 bits per heavy atom. The Morgan fingerprint density at radius 3 is 2.36 bits per heavy atom. The lowest BCUT2D eigenvalue weighted by atomic mass is 9.93. The molecule has 4 aromatic rings. The van der Waals surface area contributed by atoms with Gasteiger partial charge in [0.25, 0.3) is 11.8 Å². The number of para-hydroxylation sites is 1. The van der Waals surface area contributed by atoms with Crippen LogP contribution in [0.25, 0.3) is 23.0 Å². The van der Waals surface area contributed by atoms with E-state index in [4.69, 9.17) is 14.6 Å². The Bertz CT molecular complexity index is 1760. The van der Waals surface area contributed by atoms with Crippen molar-refractivity contribution < 1.29 is 19.1 Å². The standard InChI is InChI=1S/C34H30N4O4/c1-5-42-31-16-13-25(17-22(31)2)32-26(21-38(36-32)27-9-7-6-8-10-27)18-29-23(3)30(19-35)34(40)37(33(29)39)20-24-11-14-28(41-4)15-12-24/h6-18,21H,5,20H2,1-4H3/b29-18+. The molecular formula is C34H30N4O4. The van der Waals surface area contributed by atoms with Crippen molar-refractivity contribution in [3.8, 4) is 34.5 Å². The molecule has 0 saturated carbocycles. The van der Waals surface area contributed by atoms with Crippen LogP contribution in [0.4, 0.5) is 0 Å². The lowest BCUT2D eigenvalue weighted by molar-refractivity contribution is -0.141. The summed E-state index contributed by atoms with van der Waals surface area (Å²) in [7, 11) is 1.57. The molecule has 8 nitrogen and oxygen atoms in total. The van der Waals surface area contributed by atoms with E-state index in [0.29, 0.717) is 29.2 Å². The Morgan fingerprint density at radius 1 is 0.976 bits per heavy atom. The van der Waals surface area contributed by atoms with Gasteiger partial charge in [-0.3, -0.25) is 14.5 Å². The van der Waals surface area contributed by atoms with Crippen LogP contribution in [0.1, 0.15) is 30.5 Å². The summed E-state index contributed by atoms with van der Waals surface area (Å²) >= 11 is 0. The summed E-state index contributed by atoms with van der Waals surface area (Å²) in [6.45, 7) is 6.12. The van der Waals surface area contributed by atoms with Crippen molar-refractivity contribution >= 4 is 17.9 Å². The van der Waals surface area contributed by atoms with Gasteiger partial charge in [-0.1, -0.05) is 30.3 Å². The highest BCUT2D eigenvalue weighted by Crippen LogP contribution is 2.33. The second-order valence-electron chi connectivity index (χ2n) is 9.84. The first-order chi connectivity index (χ1) is 20.3. The largest absolute Gasteiger partial charge is 0.497 e. The second-order valence-corrected chi connectivity index (χ2v) is 9.84. The number of aromatic nitrogens is 2. The van der Waals surface area contributed by atoms with Crippen molar-refractivity contribution in [2.45, 2.75) is 27.3 Å². The van der Waals surface area contributed by atoms with Gasteiger partial charge in [0.2, 0.25) is 0 Å². The van der Waals surface area contributed by atoms with Crippen LogP contribution in [0.3, 0.4) is 0 Å². The first kappa shape index (κ1) is 28.1. The molecule has 0 fully saturated rings. The van der Waals surface area contributed by atoms with E-state index in [-0.39, 0.29) is 17.7 Å². The lowest BCUT2D eigenvalue weighted by Gasteiger charge is -2.27. The molecule has 0 spiro atoms. The predicted molar refractivity (Wildman–Crippen MR) is 160 cm³/mol. The fraction of sp³-hybridized carbons (Fsp3) is 0.176. The average Bonchev–Trinajstić information content (AvgIpc) is 3.43. The topological polar surface area (TPSA) is 97.4 Å². The summed E-state index contributed by atoms with van der Waals surface area (Å²) in [5, 5.41) is 14.8. The number of carbonyl (C=O) groups excluding carboxylic acids is 2. The third-order valence-electron chi connectivity index (χ3n) is 7.14. The molecule has 0 radical (unpaired) electrons. The van der Waals surface area contributed by atoms with Crippen molar-refractivity contribution in [3.63, 3.8) is 0 Å². The van der Waals surface area contributed by atoms with Crippen LogP contribution in [0.15, 0.2) is 95.7 Å². The van der Waals surface area contributed by atoms with Gasteiger partial charge in [0.15, 0.2) is 0 Å². The van der Waals surface area contributed by atoms with Crippen molar-refractivity contribution in [2.24, 2.45) is 0 Å². The van der Waals surface area contributed by atoms with E-state index in [9.17, 15) is 14.9 Å². The Labute approximate surface area is 244 Å². The van der Waals surface area contributed by atoms with Crippen molar-refractivity contribution in [1.82, 2.24) is 14.7 Å². The number of ether oxygens (including phenoxy) is 2. The van der Waals surface area contributed by atoms with Crippen molar-refractivity contribution in [1.29, 1.82) is 5.26 Å². The minimum Gasteiger partial charge on any atom is -0.497 e. The number of methoxy groups -OCH3 is 1. The number of imide groups is 1. The Hall–Kier alpha value is -5.42. The normalized spacial score (nSPS) is 14.4. The monoisotopic (exact) mass is 558 g/mol. The van der Waals surface area contributed by atoms with Crippen LogP contribution < -0.4 is 9.47 Å². The summed E-state index contributed by atoms with van der Waals surface area (Å²) in [6, 6.07) is 24.6. The fourth-order valence-electron chi connectivity index (χ4n) is 4.89. The zero-order valence-electron chi connectivity index (χ0n) is 23.9. The molecule has 0 unspecified atom stereocenters. The van der Waals surface area contributed by atoms with Crippen LogP contribution in [-0.4, -0.2) is 40.2 Å². The van der Waals surface area contributed by atoms with Gasteiger partial charge in [-0.05, 0) is 86.0 Å². The molecule has 0 saturated heterocycles. The maximum atomic E-state index is 13.9. The molecule has 0 bridgehead atoms. The maximum absolute atomic E-state index is 13.9. The molecule has 0 aliphatic carbocycles. The molecular weight excluding hydrogens is 528 g/mol. The average molecular weight is 559 g/mol. The van der Waals surface area contributed by atoms with Gasteiger partial charge in [0, 0.05) is 22.9 Å². The van der Waals surface area contributed by atoms with Crippen LogP contribution >= 0.6 is 0 Å². The second kappa shape index (κ2) is 12.0. The van der Waals surface area contributed by atoms with Gasteiger partial charge < -0.3 is 9.47 Å². The van der Waals surface area contributed by atoms with E-state index in [2.05, 4.69) is 0 Å². The molecule has 1 aliphatic heterocycles. The van der Waals surface area contributed by atoms with E-state index >= 15 is 0 Å². The minimum absolute atomic E-state index is 0.0195. The van der Waals surface area contributed by atoms with Crippen molar-refractivity contribution in [3.05, 3.63) is 112 Å². The number of aryl methyl sites for hydroxylation is 1. The number of nitrogens with zero attached hydrogens (tertiary/aromatic N) is 4. The molecule has 2 heterocycles. The Kier molecular flexibility index (Phi) is 8.02. The predicted octanol–water partition coefficient (Wildman–Crippen LogP) is 6.05. The highest BCUT2D eigenvalue weighted by Gasteiger charge is 2.35. The third kappa shape index (κ3) is 5.45. The van der Waals surface area contributed by atoms with Crippen LogP contribution in [0.2, 0.25) is 0 Å². The van der Waals surface area contributed by atoms with Gasteiger partial charge in [0.05, 0.1) is 31.6 Å². The molecule has 210 valence electrons. The molecule has 8 heteroatoms. The SMILES string of the molecule is CCOc1ccc(-c2nn(-c3ccccc3)cc2/C=C2/C(=O)N(Cc3ccc(OC)cc3)C(=O)C(C#N)=C2C)cc1C. The zero-order valence-corrected chi connectivity index (χ0v) is 23.9. The van der Waals surface area contributed by atoms with E-state index in [1.165, 1.54) is 0 Å². The van der Waals surface area contributed by atoms with E-state index in [1.54, 1.807) is 49.1 Å². The van der Waals surface area contributed by atoms with Gasteiger partial charge in [-0.15, -0.1) is 0 Å². The highest BCUT2D eigenvalue weighted by molar-refractivity contribution is 6.19. The van der Waals surface area contributed by atoms with Gasteiger partial charge in [0.1, 0.15) is 23.1 Å². The number of hydrogen-bond donors (Lipinski definition) is 0. The zero-order chi connectivity index (χ0) is 29.8. The third-order valence-corrected chi connectivity index (χ3v) is 7.14. The molecule has 1 aliphatic rings. The Balaban J connectivity index is 1.63. The molecule has 0 atom stereocenters. The van der Waals surface area contributed by atoms with Crippen LogP contribution in [0, 0.1) is 18.3 Å². The maximum Gasteiger partial charge on any atom is 0.271 e. The first-order valence-electron chi connectivity index (χ1n) is 13.6. The van der Waals surface area contributed by atoms with Crippen LogP contribution in [0.5, 0.6) is 11.5 Å². The van der Waals surface area contributed by atoms with E-state index in [0.717, 1.165) is 33.0 Å². The molecule has 42 heavy (non-hydrogen) atoms. The molecule has 0 N–H and O–H groups in total. The fourth-order valence-corrected chi connectivity index (χ4v) is 4.89. The quantitative estimate of drug-likeness (QED) is 0.193. The number of benzene rings is 3. The number of amides is 2. The first-order valence-corrected chi connectivity index (χ1v) is 13.6. The molecule has 3 aromatic carbocycles. The molecule has 5 rings (SSSR count). The molecule has 2 amide bonds. The van der Waals surface area contributed by atoms with E-state index < -0.39 is 11.8 Å². The van der Waals surface area contributed by atoms with Gasteiger partial charge in [-0.2, -0.15) is 10.4 Å². The summed E-state index contributed by atoms with van der Waals surface area (Å²) in [5.41, 5.74) is 5.22. The smallest absolute Gasteiger partial charge is 0.271 e. The summed E-state index contributed by atoms with van der Waals surface area (Å²) < 4.78 is 12.7. The highest BCUT2D eigenvalue weighted by atomic mass is 16.5. The lowest BCUT2D eigenvalue weighted by Crippen LogP contribution is -2.42. The minimum atomic E-state index is -0.615. The van der Waals surface area contributed by atoms with Crippen LogP contribution in [-0.2, 0) is 16.1 Å². The number of carbonyl (C=O) groups is 2. The number of hydrogen-bond acceptors (Lipinski definition) is 6. The summed E-state index contributed by atoms with van der Waals surface area (Å²) in [4.78, 5) is 28.2. The summed E-state index contributed by atoms with van der Waals surface area (Å²) in [5.74, 6) is 0.358. The van der Waals surface area contributed by atoms with E-state index in [1.807, 2.05) is 74.6 Å². The number of rotatable bonds is 8. The van der Waals surface area contributed by atoms with Crippen molar-refractivity contribution in [2.75, 3.05) is 13.7 Å². The number of nitriles is 1. The van der Waals surface area contributed by atoms with Gasteiger partial charge in [-0.25, -0.2) is 4.68 Å². The van der Waals surface area contributed by atoms with Gasteiger partial charge >= 0.3 is 0 Å². The molecule has 1 aromatic heterocycles.